The number of aryl methyl sites for hydroxylation is 2. The highest BCUT2D eigenvalue weighted by atomic mass is 16.2. The van der Waals surface area contributed by atoms with Gasteiger partial charge in [-0.25, -0.2) is 0 Å². The zero-order valence-corrected chi connectivity index (χ0v) is 16.5. The molecule has 0 aliphatic heterocycles. The summed E-state index contributed by atoms with van der Waals surface area (Å²) in [7, 11) is 0. The van der Waals surface area contributed by atoms with E-state index in [1.54, 1.807) is 4.90 Å². The predicted molar refractivity (Wildman–Crippen MR) is 117 cm³/mol. The second-order valence-corrected chi connectivity index (χ2v) is 7.26. The van der Waals surface area contributed by atoms with Gasteiger partial charge in [-0.15, -0.1) is 0 Å². The fourth-order valence-corrected chi connectivity index (χ4v) is 3.55. The average molecular weight is 382 g/mol. The summed E-state index contributed by atoms with van der Waals surface area (Å²) in [6.07, 6.45) is 0. The van der Waals surface area contributed by atoms with Crippen molar-refractivity contribution in [3.8, 4) is 0 Å². The van der Waals surface area contributed by atoms with Crippen LogP contribution in [0.2, 0.25) is 0 Å². The number of nitrogens with one attached hydrogen (secondary N) is 1. The Morgan fingerprint density at radius 3 is 2.45 bits per heavy atom. The van der Waals surface area contributed by atoms with Gasteiger partial charge in [0.2, 0.25) is 0 Å². The van der Waals surface area contributed by atoms with Crippen molar-refractivity contribution in [2.75, 3.05) is 4.90 Å². The van der Waals surface area contributed by atoms with Crippen molar-refractivity contribution in [2.45, 2.75) is 20.4 Å². The van der Waals surface area contributed by atoms with Crippen LogP contribution in [0.5, 0.6) is 0 Å². The first-order chi connectivity index (χ1) is 14.0. The second kappa shape index (κ2) is 7.76. The lowest BCUT2D eigenvalue weighted by atomic mass is 10.1. The van der Waals surface area contributed by atoms with Gasteiger partial charge in [0.05, 0.1) is 6.54 Å². The molecule has 0 spiro atoms. The third-order valence-corrected chi connectivity index (χ3v) is 5.08. The standard InChI is InChI=1S/C25H22N2O2/c1-17-8-7-11-20(14-17)25(29)27(23-13-6-3-9-18(23)2)16-21-15-19-10-4-5-12-22(19)26-24(21)28/h3-15H,16H2,1-2H3,(H,26,28). The maximum absolute atomic E-state index is 13.4. The van der Waals surface area contributed by atoms with Gasteiger partial charge in [0.15, 0.2) is 0 Å². The van der Waals surface area contributed by atoms with Gasteiger partial charge in [0, 0.05) is 22.3 Å². The van der Waals surface area contributed by atoms with Crippen molar-refractivity contribution in [1.29, 1.82) is 0 Å². The number of hydrogen-bond donors (Lipinski definition) is 1. The molecule has 3 aromatic carbocycles. The van der Waals surface area contributed by atoms with Crippen molar-refractivity contribution in [1.82, 2.24) is 4.98 Å². The molecule has 144 valence electrons. The third kappa shape index (κ3) is 3.83. The molecule has 0 radical (unpaired) electrons. The zero-order chi connectivity index (χ0) is 20.4. The number of para-hydroxylation sites is 2. The highest BCUT2D eigenvalue weighted by Crippen LogP contribution is 2.24. The van der Waals surface area contributed by atoms with Crippen LogP contribution < -0.4 is 10.5 Å². The molecule has 1 N–H and O–H groups in total. The quantitative estimate of drug-likeness (QED) is 0.540. The Morgan fingerprint density at radius 2 is 1.66 bits per heavy atom. The summed E-state index contributed by atoms with van der Waals surface area (Å²) >= 11 is 0. The number of H-pyrrole nitrogens is 1. The van der Waals surface area contributed by atoms with E-state index in [0.29, 0.717) is 11.1 Å². The Bertz CT molecular complexity index is 1260. The molecule has 0 aliphatic carbocycles. The number of benzene rings is 3. The molecule has 0 bridgehead atoms. The average Bonchev–Trinajstić information content (AvgIpc) is 2.72. The second-order valence-electron chi connectivity index (χ2n) is 7.26. The number of aromatic nitrogens is 1. The van der Waals surface area contributed by atoms with Crippen LogP contribution in [0.1, 0.15) is 27.0 Å². The highest BCUT2D eigenvalue weighted by molar-refractivity contribution is 6.06. The maximum Gasteiger partial charge on any atom is 0.258 e. The molecule has 1 heterocycles. The van der Waals surface area contributed by atoms with E-state index in [-0.39, 0.29) is 18.0 Å². The number of hydrogen-bond acceptors (Lipinski definition) is 2. The Labute approximate surface area is 169 Å². The number of anilines is 1. The van der Waals surface area contributed by atoms with Gasteiger partial charge in [-0.1, -0.05) is 54.1 Å². The first-order valence-corrected chi connectivity index (χ1v) is 9.58. The Kier molecular flexibility index (Phi) is 5.00. The van der Waals surface area contributed by atoms with E-state index in [1.807, 2.05) is 92.7 Å². The van der Waals surface area contributed by atoms with Gasteiger partial charge in [-0.2, -0.15) is 0 Å². The van der Waals surface area contributed by atoms with Crippen molar-refractivity contribution < 1.29 is 4.79 Å². The predicted octanol–water partition coefficient (Wildman–Crippen LogP) is 4.99. The van der Waals surface area contributed by atoms with E-state index in [9.17, 15) is 9.59 Å². The minimum Gasteiger partial charge on any atom is -0.322 e. The summed E-state index contributed by atoms with van der Waals surface area (Å²) < 4.78 is 0. The fourth-order valence-electron chi connectivity index (χ4n) is 3.55. The van der Waals surface area contributed by atoms with Crippen LogP contribution in [0, 0.1) is 13.8 Å². The molecule has 4 heteroatoms. The number of fused-ring (bicyclic) bond motifs is 1. The minimum absolute atomic E-state index is 0.129. The normalized spacial score (nSPS) is 10.8. The summed E-state index contributed by atoms with van der Waals surface area (Å²) in [5.41, 5.74) is 4.55. The molecule has 29 heavy (non-hydrogen) atoms. The molecule has 1 amide bonds. The number of nitrogens with zero attached hydrogens (tertiary/aromatic N) is 1. The lowest BCUT2D eigenvalue weighted by Crippen LogP contribution is -2.33. The SMILES string of the molecule is Cc1cccc(C(=O)N(Cc2cc3ccccc3[nH]c2=O)c2ccccc2C)c1. The molecule has 0 saturated heterocycles. The van der Waals surface area contributed by atoms with E-state index in [4.69, 9.17) is 0 Å². The summed E-state index contributed by atoms with van der Waals surface area (Å²) in [5, 5.41) is 0.940. The van der Waals surface area contributed by atoms with Crippen LogP contribution in [0.3, 0.4) is 0 Å². The molecule has 0 fully saturated rings. The van der Waals surface area contributed by atoms with Crippen LogP contribution in [-0.2, 0) is 6.54 Å². The number of carbonyl (C=O) groups is 1. The van der Waals surface area contributed by atoms with Gasteiger partial charge in [0.25, 0.3) is 11.5 Å². The molecule has 0 unspecified atom stereocenters. The molecule has 1 aromatic heterocycles. The smallest absolute Gasteiger partial charge is 0.258 e. The highest BCUT2D eigenvalue weighted by Gasteiger charge is 2.21. The van der Waals surface area contributed by atoms with Crippen molar-refractivity contribution in [3.05, 3.63) is 111 Å². The molecule has 0 saturated carbocycles. The van der Waals surface area contributed by atoms with Gasteiger partial charge >= 0.3 is 0 Å². The number of carbonyl (C=O) groups excluding carboxylic acids is 1. The van der Waals surface area contributed by atoms with E-state index >= 15 is 0 Å². The van der Waals surface area contributed by atoms with Gasteiger partial charge in [-0.05, 0) is 55.1 Å². The number of amides is 1. The van der Waals surface area contributed by atoms with Crippen LogP contribution in [0.25, 0.3) is 10.9 Å². The zero-order valence-electron chi connectivity index (χ0n) is 16.5. The summed E-state index contributed by atoms with van der Waals surface area (Å²) in [5.74, 6) is -0.129. The van der Waals surface area contributed by atoms with Crippen molar-refractivity contribution >= 4 is 22.5 Å². The summed E-state index contributed by atoms with van der Waals surface area (Å²) in [4.78, 5) is 30.8. The van der Waals surface area contributed by atoms with Crippen molar-refractivity contribution in [3.63, 3.8) is 0 Å². The molecule has 0 atom stereocenters. The molecule has 4 nitrogen and oxygen atoms in total. The Morgan fingerprint density at radius 1 is 0.897 bits per heavy atom. The monoisotopic (exact) mass is 382 g/mol. The first kappa shape index (κ1) is 18.7. The van der Waals surface area contributed by atoms with Crippen molar-refractivity contribution in [2.24, 2.45) is 0 Å². The number of aromatic amines is 1. The van der Waals surface area contributed by atoms with E-state index in [1.165, 1.54) is 0 Å². The molecular formula is C25H22N2O2. The lowest BCUT2D eigenvalue weighted by Gasteiger charge is -2.25. The van der Waals surface area contributed by atoms with Crippen LogP contribution >= 0.6 is 0 Å². The number of rotatable bonds is 4. The van der Waals surface area contributed by atoms with E-state index < -0.39 is 0 Å². The first-order valence-electron chi connectivity index (χ1n) is 9.58. The molecule has 0 aliphatic rings. The largest absolute Gasteiger partial charge is 0.322 e. The van der Waals surface area contributed by atoms with E-state index in [0.717, 1.165) is 27.7 Å². The van der Waals surface area contributed by atoms with Crippen LogP contribution in [0.15, 0.2) is 83.7 Å². The topological polar surface area (TPSA) is 53.2 Å². The van der Waals surface area contributed by atoms with Gasteiger partial charge in [-0.3, -0.25) is 9.59 Å². The maximum atomic E-state index is 13.4. The third-order valence-electron chi connectivity index (χ3n) is 5.08. The van der Waals surface area contributed by atoms with Crippen LogP contribution in [-0.4, -0.2) is 10.9 Å². The fraction of sp³-hybridized carbons (Fsp3) is 0.120. The minimum atomic E-state index is -0.181. The van der Waals surface area contributed by atoms with E-state index in [2.05, 4.69) is 4.98 Å². The molecule has 4 rings (SSSR count). The number of pyridine rings is 1. The molecular weight excluding hydrogens is 360 g/mol. The molecule has 4 aromatic rings. The summed E-state index contributed by atoms with van der Waals surface area (Å²) in [6, 6.07) is 24.8. The Hall–Kier alpha value is -3.66. The summed E-state index contributed by atoms with van der Waals surface area (Å²) in [6.45, 7) is 4.12. The van der Waals surface area contributed by atoms with Crippen LogP contribution in [0.4, 0.5) is 5.69 Å². The Balaban J connectivity index is 1.81. The van der Waals surface area contributed by atoms with Gasteiger partial charge in [0.1, 0.15) is 0 Å². The lowest BCUT2D eigenvalue weighted by molar-refractivity contribution is 0.0985. The van der Waals surface area contributed by atoms with Gasteiger partial charge < -0.3 is 9.88 Å².